The molecule has 3 aromatic rings. The molecule has 134 valence electrons. The standard InChI is InChI=1S/C19H19N3O3S/c23-17(21-12-14-5-2-1-3-6-14)8-9-20-18(24)11-15-13-26-19(22-15)16-7-4-10-25-16/h1-7,10,13H,8-9,11-12H2,(H,20,24)(H,21,23). The number of amides is 2. The summed E-state index contributed by atoms with van der Waals surface area (Å²) in [4.78, 5) is 28.2. The van der Waals surface area contributed by atoms with Crippen LogP contribution in [0.15, 0.2) is 58.5 Å². The van der Waals surface area contributed by atoms with E-state index < -0.39 is 0 Å². The molecule has 7 heteroatoms. The van der Waals surface area contributed by atoms with E-state index in [1.807, 2.05) is 41.8 Å². The van der Waals surface area contributed by atoms with E-state index in [2.05, 4.69) is 15.6 Å². The Morgan fingerprint density at radius 2 is 1.88 bits per heavy atom. The Hall–Kier alpha value is -2.93. The minimum atomic E-state index is -0.155. The summed E-state index contributed by atoms with van der Waals surface area (Å²) in [7, 11) is 0. The van der Waals surface area contributed by atoms with Crippen molar-refractivity contribution in [2.24, 2.45) is 0 Å². The molecule has 0 fully saturated rings. The van der Waals surface area contributed by atoms with Crippen LogP contribution in [0.5, 0.6) is 0 Å². The fourth-order valence-electron chi connectivity index (χ4n) is 2.33. The number of aromatic nitrogens is 1. The molecular weight excluding hydrogens is 350 g/mol. The molecule has 0 atom stereocenters. The van der Waals surface area contributed by atoms with Crippen LogP contribution in [0.2, 0.25) is 0 Å². The first-order valence-corrected chi connectivity index (χ1v) is 9.14. The minimum absolute atomic E-state index is 0.0945. The van der Waals surface area contributed by atoms with Gasteiger partial charge in [-0.2, -0.15) is 0 Å². The second-order valence-electron chi connectivity index (χ2n) is 5.66. The highest BCUT2D eigenvalue weighted by Gasteiger charge is 2.11. The van der Waals surface area contributed by atoms with Crippen LogP contribution in [0, 0.1) is 0 Å². The molecule has 3 rings (SSSR count). The van der Waals surface area contributed by atoms with E-state index in [-0.39, 0.29) is 24.7 Å². The maximum absolute atomic E-state index is 12.0. The smallest absolute Gasteiger partial charge is 0.226 e. The molecule has 2 aromatic heterocycles. The first-order chi connectivity index (χ1) is 12.7. The molecule has 0 aliphatic rings. The molecule has 0 spiro atoms. The lowest BCUT2D eigenvalue weighted by Gasteiger charge is -2.06. The Labute approximate surface area is 155 Å². The number of hydrogen-bond donors (Lipinski definition) is 2. The fraction of sp³-hybridized carbons (Fsp3) is 0.211. The highest BCUT2D eigenvalue weighted by atomic mass is 32.1. The van der Waals surface area contributed by atoms with Crippen LogP contribution in [0.4, 0.5) is 0 Å². The lowest BCUT2D eigenvalue weighted by atomic mass is 10.2. The minimum Gasteiger partial charge on any atom is -0.462 e. The average Bonchev–Trinajstić information content (AvgIpc) is 3.32. The largest absolute Gasteiger partial charge is 0.462 e. The zero-order valence-corrected chi connectivity index (χ0v) is 14.9. The second-order valence-corrected chi connectivity index (χ2v) is 6.52. The van der Waals surface area contributed by atoms with E-state index in [0.29, 0.717) is 24.5 Å². The number of carbonyl (C=O) groups excluding carboxylic acids is 2. The third-order valence-corrected chi connectivity index (χ3v) is 4.54. The summed E-state index contributed by atoms with van der Waals surface area (Å²) in [5.41, 5.74) is 1.73. The molecule has 1 aromatic carbocycles. The normalized spacial score (nSPS) is 10.5. The monoisotopic (exact) mass is 369 g/mol. The summed E-state index contributed by atoms with van der Waals surface area (Å²) in [6.45, 7) is 0.788. The number of carbonyl (C=O) groups is 2. The third-order valence-electron chi connectivity index (χ3n) is 3.63. The predicted molar refractivity (Wildman–Crippen MR) is 99.4 cm³/mol. The lowest BCUT2D eigenvalue weighted by molar-refractivity contribution is -0.122. The maximum atomic E-state index is 12.0. The Bertz CT molecular complexity index is 844. The van der Waals surface area contributed by atoms with Gasteiger partial charge in [0.1, 0.15) is 0 Å². The molecule has 0 radical (unpaired) electrons. The van der Waals surface area contributed by atoms with Crippen molar-refractivity contribution in [1.82, 2.24) is 15.6 Å². The Balaban J connectivity index is 1.36. The van der Waals surface area contributed by atoms with E-state index in [1.165, 1.54) is 11.3 Å². The summed E-state index contributed by atoms with van der Waals surface area (Å²) < 4.78 is 5.29. The van der Waals surface area contributed by atoms with Gasteiger partial charge in [-0.3, -0.25) is 9.59 Å². The molecule has 0 bridgehead atoms. The van der Waals surface area contributed by atoms with E-state index >= 15 is 0 Å². The van der Waals surface area contributed by atoms with Gasteiger partial charge in [0.05, 0.1) is 18.4 Å². The Morgan fingerprint density at radius 1 is 1.04 bits per heavy atom. The van der Waals surface area contributed by atoms with Crippen molar-refractivity contribution in [1.29, 1.82) is 0 Å². The zero-order valence-electron chi connectivity index (χ0n) is 14.1. The molecule has 26 heavy (non-hydrogen) atoms. The van der Waals surface area contributed by atoms with E-state index in [9.17, 15) is 9.59 Å². The van der Waals surface area contributed by atoms with Crippen molar-refractivity contribution in [2.75, 3.05) is 6.54 Å². The quantitative estimate of drug-likeness (QED) is 0.639. The van der Waals surface area contributed by atoms with Gasteiger partial charge in [0.2, 0.25) is 11.8 Å². The highest BCUT2D eigenvalue weighted by Crippen LogP contribution is 2.23. The van der Waals surface area contributed by atoms with Crippen LogP contribution in [0.1, 0.15) is 17.7 Å². The van der Waals surface area contributed by atoms with E-state index in [1.54, 1.807) is 12.3 Å². The Morgan fingerprint density at radius 3 is 2.65 bits per heavy atom. The highest BCUT2D eigenvalue weighted by molar-refractivity contribution is 7.13. The van der Waals surface area contributed by atoms with Gasteiger partial charge in [-0.25, -0.2) is 4.98 Å². The number of thiazole rings is 1. The van der Waals surface area contributed by atoms with Crippen LogP contribution >= 0.6 is 11.3 Å². The van der Waals surface area contributed by atoms with Crippen LogP contribution in [0.3, 0.4) is 0 Å². The van der Waals surface area contributed by atoms with Crippen LogP contribution in [0.25, 0.3) is 10.8 Å². The lowest BCUT2D eigenvalue weighted by Crippen LogP contribution is -2.31. The topological polar surface area (TPSA) is 84.2 Å². The number of hydrogen-bond acceptors (Lipinski definition) is 5. The van der Waals surface area contributed by atoms with Gasteiger partial charge < -0.3 is 15.1 Å². The molecule has 2 heterocycles. The molecule has 6 nitrogen and oxygen atoms in total. The first kappa shape index (κ1) is 17.9. The van der Waals surface area contributed by atoms with Gasteiger partial charge in [-0.15, -0.1) is 11.3 Å². The molecule has 0 aliphatic carbocycles. The number of rotatable bonds is 8. The van der Waals surface area contributed by atoms with Crippen molar-refractivity contribution in [2.45, 2.75) is 19.4 Å². The molecule has 0 unspecified atom stereocenters. The molecule has 0 saturated carbocycles. The number of nitrogens with zero attached hydrogens (tertiary/aromatic N) is 1. The zero-order chi connectivity index (χ0) is 18.2. The van der Waals surface area contributed by atoms with Crippen molar-refractivity contribution in [3.05, 3.63) is 65.4 Å². The van der Waals surface area contributed by atoms with Gasteiger partial charge in [0.15, 0.2) is 10.8 Å². The molecule has 2 amide bonds. The summed E-state index contributed by atoms with van der Waals surface area (Å²) >= 11 is 1.43. The summed E-state index contributed by atoms with van der Waals surface area (Å²) in [5.74, 6) is 0.441. The van der Waals surface area contributed by atoms with Gasteiger partial charge in [-0.1, -0.05) is 30.3 Å². The van der Waals surface area contributed by atoms with E-state index in [4.69, 9.17) is 4.42 Å². The van der Waals surface area contributed by atoms with Gasteiger partial charge in [-0.05, 0) is 17.7 Å². The number of furan rings is 1. The number of benzene rings is 1. The van der Waals surface area contributed by atoms with Crippen molar-refractivity contribution in [3.8, 4) is 10.8 Å². The Kier molecular flexibility index (Phi) is 6.16. The van der Waals surface area contributed by atoms with Crippen molar-refractivity contribution < 1.29 is 14.0 Å². The first-order valence-electron chi connectivity index (χ1n) is 8.26. The van der Waals surface area contributed by atoms with E-state index in [0.717, 1.165) is 10.6 Å². The van der Waals surface area contributed by atoms with Gasteiger partial charge in [0, 0.05) is 24.9 Å². The van der Waals surface area contributed by atoms with Gasteiger partial charge in [0.25, 0.3) is 0 Å². The summed E-state index contributed by atoms with van der Waals surface area (Å²) in [5, 5.41) is 8.16. The molecule has 2 N–H and O–H groups in total. The fourth-order valence-corrected chi connectivity index (χ4v) is 3.11. The average molecular weight is 369 g/mol. The molecular formula is C19H19N3O3S. The molecule has 0 saturated heterocycles. The SMILES string of the molecule is O=C(CCNC(=O)Cc1csc(-c2ccco2)n1)NCc1ccccc1. The second kappa shape index (κ2) is 8.96. The van der Waals surface area contributed by atoms with Crippen molar-refractivity contribution in [3.63, 3.8) is 0 Å². The van der Waals surface area contributed by atoms with Crippen LogP contribution in [-0.2, 0) is 22.6 Å². The maximum Gasteiger partial charge on any atom is 0.226 e. The summed E-state index contributed by atoms with van der Waals surface area (Å²) in [6, 6.07) is 13.3. The van der Waals surface area contributed by atoms with Crippen molar-refractivity contribution >= 4 is 23.2 Å². The number of nitrogens with one attached hydrogen (secondary N) is 2. The van der Waals surface area contributed by atoms with Gasteiger partial charge >= 0.3 is 0 Å². The summed E-state index contributed by atoms with van der Waals surface area (Å²) in [6.07, 6.45) is 2.02. The van der Waals surface area contributed by atoms with Crippen LogP contribution in [-0.4, -0.2) is 23.3 Å². The van der Waals surface area contributed by atoms with Crippen LogP contribution < -0.4 is 10.6 Å². The molecule has 0 aliphatic heterocycles. The third kappa shape index (κ3) is 5.29. The predicted octanol–water partition coefficient (Wildman–Crippen LogP) is 2.77.